The van der Waals surface area contributed by atoms with E-state index in [1.54, 1.807) is 24.3 Å². The molecule has 0 aliphatic heterocycles. The Morgan fingerprint density at radius 2 is 1.79 bits per heavy atom. The van der Waals surface area contributed by atoms with Gasteiger partial charge in [-0.25, -0.2) is 4.39 Å². The zero-order valence-electron chi connectivity index (χ0n) is 15.8. The molecule has 1 aliphatic rings. The molecule has 3 rings (SSSR count). The lowest BCUT2D eigenvalue weighted by atomic mass is 10.1. The minimum atomic E-state index is -0.419. The maximum absolute atomic E-state index is 13.3. The van der Waals surface area contributed by atoms with Crippen LogP contribution in [0.5, 0.6) is 11.5 Å². The summed E-state index contributed by atoms with van der Waals surface area (Å²) in [4.78, 5) is 12.7. The first kappa shape index (κ1) is 21.1. The van der Waals surface area contributed by atoms with Crippen molar-refractivity contribution in [2.24, 2.45) is 17.3 Å². The summed E-state index contributed by atoms with van der Waals surface area (Å²) in [7, 11) is 0. The van der Waals surface area contributed by atoms with Gasteiger partial charge in [-0.3, -0.25) is 4.79 Å². The van der Waals surface area contributed by atoms with E-state index in [1.165, 1.54) is 12.1 Å². The van der Waals surface area contributed by atoms with Crippen LogP contribution in [0.1, 0.15) is 32.4 Å². The topological polar surface area (TPSA) is 35.5 Å². The lowest BCUT2D eigenvalue weighted by Gasteiger charge is -2.15. The summed E-state index contributed by atoms with van der Waals surface area (Å²) in [6, 6.07) is 13.2. The van der Waals surface area contributed by atoms with Gasteiger partial charge in [-0.2, -0.15) is 0 Å². The fourth-order valence-corrected chi connectivity index (χ4v) is 3.96. The molecule has 3 nitrogen and oxygen atoms in total. The fourth-order valence-electron chi connectivity index (χ4n) is 3.39. The van der Waals surface area contributed by atoms with E-state index < -0.39 is 6.10 Å². The van der Waals surface area contributed by atoms with Gasteiger partial charge in [0.25, 0.3) is 0 Å². The molecule has 0 saturated heterocycles. The molecule has 3 atom stereocenters. The predicted octanol–water partition coefficient (Wildman–Crippen LogP) is 7.13. The Morgan fingerprint density at radius 3 is 2.43 bits per heavy atom. The second-order valence-electron chi connectivity index (χ2n) is 7.49. The van der Waals surface area contributed by atoms with Crippen molar-refractivity contribution in [2.45, 2.75) is 26.9 Å². The van der Waals surface area contributed by atoms with Gasteiger partial charge in [0.15, 0.2) is 0 Å². The van der Waals surface area contributed by atoms with Gasteiger partial charge in [-0.15, -0.1) is 0 Å². The van der Waals surface area contributed by atoms with Gasteiger partial charge in [-0.1, -0.05) is 38.1 Å². The predicted molar refractivity (Wildman–Crippen MR) is 114 cm³/mol. The second-order valence-corrected chi connectivity index (χ2v) is 10.3. The number of halogens is 3. The van der Waals surface area contributed by atoms with Gasteiger partial charge >= 0.3 is 5.97 Å². The highest BCUT2D eigenvalue weighted by Gasteiger charge is 2.61. The van der Waals surface area contributed by atoms with E-state index in [4.69, 9.17) is 9.47 Å². The number of ether oxygens (including phenoxy) is 2. The molecule has 0 bridgehead atoms. The van der Waals surface area contributed by atoms with Crippen molar-refractivity contribution < 1.29 is 18.7 Å². The summed E-state index contributed by atoms with van der Waals surface area (Å²) in [5.74, 6) is 0.354. The van der Waals surface area contributed by atoms with E-state index in [-0.39, 0.29) is 29.0 Å². The summed E-state index contributed by atoms with van der Waals surface area (Å²) in [6.45, 7) is 5.95. The van der Waals surface area contributed by atoms with E-state index in [1.807, 2.05) is 25.1 Å². The highest BCUT2D eigenvalue weighted by Crippen LogP contribution is 2.60. The highest BCUT2D eigenvalue weighted by atomic mass is 79.9. The average Bonchev–Trinajstić information content (AvgIpc) is 3.14. The number of hydrogen-bond donors (Lipinski definition) is 0. The Morgan fingerprint density at radius 1 is 1.14 bits per heavy atom. The number of hydrogen-bond acceptors (Lipinski definition) is 3. The molecule has 148 valence electrons. The third-order valence-electron chi connectivity index (χ3n) is 5.12. The lowest BCUT2D eigenvalue weighted by Crippen LogP contribution is -2.13. The van der Waals surface area contributed by atoms with Crippen LogP contribution in [-0.4, -0.2) is 5.97 Å². The van der Waals surface area contributed by atoms with Crippen LogP contribution in [0.3, 0.4) is 0 Å². The number of benzene rings is 2. The summed E-state index contributed by atoms with van der Waals surface area (Å²) in [6.07, 6.45) is 1.57. The molecule has 0 heterocycles. The number of carbonyl (C=O) groups excluding carboxylic acids is 1. The summed E-state index contributed by atoms with van der Waals surface area (Å²) < 4.78 is 25.6. The zero-order chi connectivity index (χ0) is 20.5. The van der Waals surface area contributed by atoms with E-state index in [0.717, 1.165) is 8.96 Å². The van der Waals surface area contributed by atoms with Crippen LogP contribution in [-0.2, 0) is 9.53 Å². The van der Waals surface area contributed by atoms with Gasteiger partial charge in [0.2, 0.25) is 0 Å². The molecule has 1 fully saturated rings. The van der Waals surface area contributed by atoms with Crippen molar-refractivity contribution in [1.29, 1.82) is 0 Å². The molecular weight excluding hydrogens is 491 g/mol. The van der Waals surface area contributed by atoms with Crippen molar-refractivity contribution in [3.8, 4) is 11.5 Å². The first-order valence-electron chi connectivity index (χ1n) is 8.95. The molecule has 6 heteroatoms. The second kappa shape index (κ2) is 8.37. The van der Waals surface area contributed by atoms with Crippen LogP contribution >= 0.6 is 31.9 Å². The average molecular weight is 512 g/mol. The molecule has 2 aromatic carbocycles. The Bertz CT molecular complexity index is 906. The smallest absolute Gasteiger partial charge is 0.310 e. The van der Waals surface area contributed by atoms with Crippen molar-refractivity contribution in [3.63, 3.8) is 0 Å². The SMILES string of the molecule is CC(OC(=O)C1C(C=C(Br)Br)C1(C)C)c1cccc(Oc2cccc(F)c2)c1. The van der Waals surface area contributed by atoms with Crippen LogP contribution in [0.25, 0.3) is 0 Å². The molecular formula is C22H21Br2FO3. The van der Waals surface area contributed by atoms with Crippen molar-refractivity contribution in [3.05, 3.63) is 69.4 Å². The standard InChI is InChI=1S/C22H21Br2FO3/c1-13(27-21(26)20-18(12-19(23)24)22(20,2)3)14-6-4-8-16(10-14)28-17-9-5-7-15(25)11-17/h4-13,18,20H,1-3H3. The van der Waals surface area contributed by atoms with Crippen LogP contribution in [0.15, 0.2) is 58.0 Å². The van der Waals surface area contributed by atoms with Gasteiger partial charge in [0, 0.05) is 6.07 Å². The van der Waals surface area contributed by atoms with Crippen LogP contribution in [0.4, 0.5) is 4.39 Å². The molecule has 0 aromatic heterocycles. The Hall–Kier alpha value is -1.66. The number of allylic oxidation sites excluding steroid dienone is 1. The monoisotopic (exact) mass is 510 g/mol. The maximum Gasteiger partial charge on any atom is 0.310 e. The van der Waals surface area contributed by atoms with E-state index in [9.17, 15) is 9.18 Å². The van der Waals surface area contributed by atoms with Crippen molar-refractivity contribution in [1.82, 2.24) is 0 Å². The van der Waals surface area contributed by atoms with E-state index in [0.29, 0.717) is 11.5 Å². The van der Waals surface area contributed by atoms with Crippen LogP contribution in [0.2, 0.25) is 0 Å². The summed E-state index contributed by atoms with van der Waals surface area (Å²) >= 11 is 6.72. The van der Waals surface area contributed by atoms with Crippen LogP contribution < -0.4 is 4.74 Å². The minimum Gasteiger partial charge on any atom is -0.458 e. The molecule has 1 saturated carbocycles. The molecule has 1 aliphatic carbocycles. The maximum atomic E-state index is 13.3. The quantitative estimate of drug-likeness (QED) is 0.387. The zero-order valence-corrected chi connectivity index (χ0v) is 19.0. The van der Waals surface area contributed by atoms with E-state index >= 15 is 0 Å². The Labute approximate surface area is 181 Å². The highest BCUT2D eigenvalue weighted by molar-refractivity contribution is 9.28. The van der Waals surface area contributed by atoms with Crippen molar-refractivity contribution in [2.75, 3.05) is 0 Å². The molecule has 3 unspecified atom stereocenters. The third kappa shape index (κ3) is 4.84. The largest absolute Gasteiger partial charge is 0.458 e. The van der Waals surface area contributed by atoms with Gasteiger partial charge < -0.3 is 9.47 Å². The molecule has 0 amide bonds. The van der Waals surface area contributed by atoms with E-state index in [2.05, 4.69) is 45.7 Å². The normalized spacial score (nSPS) is 20.8. The summed E-state index contributed by atoms with van der Waals surface area (Å²) in [5.41, 5.74) is 0.681. The third-order valence-corrected chi connectivity index (χ3v) is 5.65. The molecule has 2 aromatic rings. The lowest BCUT2D eigenvalue weighted by molar-refractivity contribution is -0.151. The van der Waals surface area contributed by atoms with Gasteiger partial charge in [0.05, 0.1) is 9.31 Å². The van der Waals surface area contributed by atoms with Crippen LogP contribution in [0, 0.1) is 23.1 Å². The number of rotatable bonds is 6. The summed E-state index contributed by atoms with van der Waals surface area (Å²) in [5, 5.41) is 0. The molecule has 0 N–H and O–H groups in total. The number of carbonyl (C=O) groups is 1. The van der Waals surface area contributed by atoms with Gasteiger partial charge in [0.1, 0.15) is 23.4 Å². The van der Waals surface area contributed by atoms with Gasteiger partial charge in [-0.05, 0) is 79.9 Å². The van der Waals surface area contributed by atoms with Crippen molar-refractivity contribution >= 4 is 37.8 Å². The molecule has 0 radical (unpaired) electrons. The minimum absolute atomic E-state index is 0.128. The number of esters is 1. The Kier molecular flexibility index (Phi) is 6.30. The fraction of sp³-hybridized carbons (Fsp3) is 0.318. The molecule has 28 heavy (non-hydrogen) atoms. The first-order valence-corrected chi connectivity index (χ1v) is 10.5. The molecule has 0 spiro atoms. The Balaban J connectivity index is 1.67. The first-order chi connectivity index (χ1) is 13.2.